The summed E-state index contributed by atoms with van der Waals surface area (Å²) in [5, 5.41) is 0. The number of fused-ring (bicyclic) bond motifs is 2. The Balaban J connectivity index is 2.20. The largest absolute Gasteiger partial charge is 0.445 e. The van der Waals surface area contributed by atoms with Crippen molar-refractivity contribution in [2.24, 2.45) is 0 Å². The summed E-state index contributed by atoms with van der Waals surface area (Å²) < 4.78 is 5.49. The molecule has 17 heavy (non-hydrogen) atoms. The molecule has 0 fully saturated rings. The lowest BCUT2D eigenvalue weighted by molar-refractivity contribution is 0.103. The summed E-state index contributed by atoms with van der Waals surface area (Å²) in [4.78, 5) is 16.6. The molecule has 3 rings (SSSR count). The van der Waals surface area contributed by atoms with Crippen LogP contribution in [0.3, 0.4) is 0 Å². The van der Waals surface area contributed by atoms with Crippen LogP contribution in [0.2, 0.25) is 0 Å². The molecule has 0 spiro atoms. The molecule has 0 atom stereocenters. The number of nitrogens with zero attached hydrogens (tertiary/aromatic N) is 1. The summed E-state index contributed by atoms with van der Waals surface area (Å²) in [7, 11) is 0. The van der Waals surface area contributed by atoms with Crippen LogP contribution < -0.4 is 0 Å². The molecule has 0 aliphatic heterocycles. The monoisotopic (exact) mass is 227 g/mol. The molecule has 86 valence electrons. The van der Waals surface area contributed by atoms with Crippen LogP contribution in [0.1, 0.15) is 38.8 Å². The van der Waals surface area contributed by atoms with Crippen LogP contribution in [-0.2, 0) is 12.8 Å². The highest BCUT2D eigenvalue weighted by Crippen LogP contribution is 2.25. The first-order valence-electron chi connectivity index (χ1n) is 5.75. The molecule has 3 heteroatoms. The maximum absolute atomic E-state index is 12.4. The van der Waals surface area contributed by atoms with Crippen LogP contribution in [0.25, 0.3) is 0 Å². The zero-order valence-corrected chi connectivity index (χ0v) is 9.91. The lowest BCUT2D eigenvalue weighted by Crippen LogP contribution is -2.04. The van der Waals surface area contributed by atoms with Gasteiger partial charge in [0.15, 0.2) is 11.6 Å². The molecule has 0 amide bonds. The van der Waals surface area contributed by atoms with E-state index in [0.717, 1.165) is 35.3 Å². The summed E-state index contributed by atoms with van der Waals surface area (Å²) >= 11 is 0. The number of aromatic nitrogens is 1. The number of ketones is 1. The summed E-state index contributed by atoms with van der Waals surface area (Å²) in [6, 6.07) is 6.01. The standard InChI is InChI=1S/C14H13NO2/c1-8-3-4-10-5-6-12-13(15-9(2)17-12)14(16)11(10)7-8/h3-4,7H,5-6H2,1-2H3. The third-order valence-electron chi connectivity index (χ3n) is 3.15. The summed E-state index contributed by atoms with van der Waals surface area (Å²) in [6.07, 6.45) is 1.58. The van der Waals surface area contributed by atoms with Gasteiger partial charge in [-0.15, -0.1) is 0 Å². The average Bonchev–Trinajstić information content (AvgIpc) is 2.62. The fourth-order valence-corrected chi connectivity index (χ4v) is 2.31. The van der Waals surface area contributed by atoms with Gasteiger partial charge in [-0.05, 0) is 25.0 Å². The smallest absolute Gasteiger partial charge is 0.215 e. The second kappa shape index (κ2) is 3.55. The molecular weight excluding hydrogens is 214 g/mol. The number of aryl methyl sites for hydroxylation is 4. The quantitative estimate of drug-likeness (QED) is 0.694. The van der Waals surface area contributed by atoms with Crippen molar-refractivity contribution in [2.45, 2.75) is 26.7 Å². The van der Waals surface area contributed by atoms with Gasteiger partial charge in [0.05, 0.1) is 0 Å². The highest BCUT2D eigenvalue weighted by atomic mass is 16.4. The van der Waals surface area contributed by atoms with E-state index >= 15 is 0 Å². The van der Waals surface area contributed by atoms with E-state index < -0.39 is 0 Å². The Bertz CT molecular complexity index is 611. The molecule has 0 bridgehead atoms. The molecule has 1 aliphatic carbocycles. The Morgan fingerprint density at radius 3 is 2.88 bits per heavy atom. The molecule has 1 aliphatic rings. The molecule has 0 saturated heterocycles. The van der Waals surface area contributed by atoms with E-state index in [1.165, 1.54) is 0 Å². The number of hydrogen-bond acceptors (Lipinski definition) is 3. The molecule has 0 N–H and O–H groups in total. The number of oxazole rings is 1. The molecule has 3 nitrogen and oxygen atoms in total. The van der Waals surface area contributed by atoms with E-state index in [0.29, 0.717) is 11.6 Å². The van der Waals surface area contributed by atoms with Gasteiger partial charge in [0, 0.05) is 18.9 Å². The SMILES string of the molecule is Cc1ccc2c(c1)C(=O)c1nc(C)oc1CC2. The van der Waals surface area contributed by atoms with Gasteiger partial charge in [-0.1, -0.05) is 17.7 Å². The van der Waals surface area contributed by atoms with Crippen molar-refractivity contribution < 1.29 is 9.21 Å². The van der Waals surface area contributed by atoms with Crippen molar-refractivity contribution in [3.05, 3.63) is 52.2 Å². The van der Waals surface area contributed by atoms with Crippen molar-refractivity contribution >= 4 is 5.78 Å². The van der Waals surface area contributed by atoms with Gasteiger partial charge in [-0.2, -0.15) is 0 Å². The van der Waals surface area contributed by atoms with Crippen LogP contribution in [0.4, 0.5) is 0 Å². The number of carbonyl (C=O) groups is 1. The molecule has 0 saturated carbocycles. The predicted octanol–water partition coefficient (Wildman–Crippen LogP) is 2.62. The van der Waals surface area contributed by atoms with Crippen LogP contribution >= 0.6 is 0 Å². The van der Waals surface area contributed by atoms with E-state index in [-0.39, 0.29) is 5.78 Å². The maximum atomic E-state index is 12.4. The average molecular weight is 227 g/mol. The van der Waals surface area contributed by atoms with E-state index in [4.69, 9.17) is 4.42 Å². The first-order valence-corrected chi connectivity index (χ1v) is 5.75. The Labute approximate surface area is 99.5 Å². The van der Waals surface area contributed by atoms with E-state index in [2.05, 4.69) is 4.98 Å². The Kier molecular flexibility index (Phi) is 2.15. The fraction of sp³-hybridized carbons (Fsp3) is 0.286. The Hall–Kier alpha value is -1.90. The van der Waals surface area contributed by atoms with Gasteiger partial charge >= 0.3 is 0 Å². The Morgan fingerprint density at radius 1 is 1.24 bits per heavy atom. The molecule has 1 aromatic heterocycles. The third-order valence-corrected chi connectivity index (χ3v) is 3.15. The van der Waals surface area contributed by atoms with Gasteiger partial charge in [-0.3, -0.25) is 4.79 Å². The molecule has 2 aromatic rings. The first kappa shape index (κ1) is 10.3. The van der Waals surface area contributed by atoms with Crippen molar-refractivity contribution in [1.82, 2.24) is 4.98 Å². The molecule has 0 radical (unpaired) electrons. The second-order valence-electron chi connectivity index (χ2n) is 4.49. The van der Waals surface area contributed by atoms with Crippen LogP contribution in [-0.4, -0.2) is 10.8 Å². The number of rotatable bonds is 0. The van der Waals surface area contributed by atoms with Gasteiger partial charge in [0.2, 0.25) is 5.78 Å². The minimum Gasteiger partial charge on any atom is -0.445 e. The van der Waals surface area contributed by atoms with Gasteiger partial charge in [0.25, 0.3) is 0 Å². The highest BCUT2D eigenvalue weighted by molar-refractivity contribution is 6.09. The predicted molar refractivity (Wildman–Crippen MR) is 63.3 cm³/mol. The maximum Gasteiger partial charge on any atom is 0.215 e. The fourth-order valence-electron chi connectivity index (χ4n) is 2.31. The number of carbonyl (C=O) groups excluding carboxylic acids is 1. The van der Waals surface area contributed by atoms with E-state index in [1.54, 1.807) is 6.92 Å². The first-order chi connectivity index (χ1) is 8.15. The zero-order chi connectivity index (χ0) is 12.0. The molecule has 0 unspecified atom stereocenters. The van der Waals surface area contributed by atoms with Crippen molar-refractivity contribution in [3.63, 3.8) is 0 Å². The third kappa shape index (κ3) is 1.58. The number of benzene rings is 1. The van der Waals surface area contributed by atoms with Crippen LogP contribution in [0, 0.1) is 13.8 Å². The number of hydrogen-bond donors (Lipinski definition) is 0. The van der Waals surface area contributed by atoms with Gasteiger partial charge in [0.1, 0.15) is 5.76 Å². The zero-order valence-electron chi connectivity index (χ0n) is 9.91. The van der Waals surface area contributed by atoms with Crippen LogP contribution in [0.15, 0.2) is 22.6 Å². The summed E-state index contributed by atoms with van der Waals surface area (Å²) in [6.45, 7) is 3.77. The topological polar surface area (TPSA) is 43.1 Å². The lowest BCUT2D eigenvalue weighted by Gasteiger charge is -2.04. The molecule has 1 aromatic carbocycles. The van der Waals surface area contributed by atoms with Crippen molar-refractivity contribution in [1.29, 1.82) is 0 Å². The minimum atomic E-state index is -0.00644. The minimum absolute atomic E-state index is 0.00644. The second-order valence-corrected chi connectivity index (χ2v) is 4.49. The highest BCUT2D eigenvalue weighted by Gasteiger charge is 2.25. The van der Waals surface area contributed by atoms with Gasteiger partial charge in [-0.25, -0.2) is 4.98 Å². The normalized spacial score (nSPS) is 14.1. The molecule has 1 heterocycles. The van der Waals surface area contributed by atoms with Crippen molar-refractivity contribution in [2.75, 3.05) is 0 Å². The Morgan fingerprint density at radius 2 is 2.06 bits per heavy atom. The van der Waals surface area contributed by atoms with E-state index in [1.807, 2.05) is 25.1 Å². The summed E-state index contributed by atoms with van der Waals surface area (Å²) in [5.41, 5.74) is 3.45. The lowest BCUT2D eigenvalue weighted by atomic mass is 9.99. The van der Waals surface area contributed by atoms with Crippen LogP contribution in [0.5, 0.6) is 0 Å². The van der Waals surface area contributed by atoms with Crippen molar-refractivity contribution in [3.8, 4) is 0 Å². The van der Waals surface area contributed by atoms with Gasteiger partial charge < -0.3 is 4.42 Å². The molecular formula is C14H13NO2. The van der Waals surface area contributed by atoms with E-state index in [9.17, 15) is 4.79 Å². The summed E-state index contributed by atoms with van der Waals surface area (Å²) in [5.74, 6) is 1.29.